The molecule has 2 aromatic rings. The van der Waals surface area contributed by atoms with Crippen molar-refractivity contribution >= 4 is 33.0 Å². The standard InChI is InChI=1S/C11H8ClNS/c1-7-4-9(12)11-8(2-3-13)6-14-10(11)5-7/h4-6H,2H2,1H3. The Balaban J connectivity index is 2.74. The Hall–Kier alpha value is -1.04. The van der Waals surface area contributed by atoms with Crippen molar-refractivity contribution in [1.82, 2.24) is 0 Å². The summed E-state index contributed by atoms with van der Waals surface area (Å²) in [6.07, 6.45) is 0.433. The van der Waals surface area contributed by atoms with Gasteiger partial charge in [0.05, 0.1) is 12.5 Å². The van der Waals surface area contributed by atoms with E-state index in [1.807, 2.05) is 18.4 Å². The molecule has 14 heavy (non-hydrogen) atoms. The van der Waals surface area contributed by atoms with Crippen LogP contribution >= 0.6 is 22.9 Å². The van der Waals surface area contributed by atoms with Crippen molar-refractivity contribution in [2.45, 2.75) is 13.3 Å². The molecular formula is C11H8ClNS. The van der Waals surface area contributed by atoms with Crippen molar-refractivity contribution in [2.75, 3.05) is 0 Å². The third-order valence-corrected chi connectivity index (χ3v) is 3.39. The number of hydrogen-bond acceptors (Lipinski definition) is 2. The lowest BCUT2D eigenvalue weighted by molar-refractivity contribution is 1.30. The zero-order valence-corrected chi connectivity index (χ0v) is 9.25. The summed E-state index contributed by atoms with van der Waals surface area (Å²) in [5, 5.41) is 12.5. The largest absolute Gasteiger partial charge is 0.198 e. The predicted octanol–water partition coefficient (Wildman–Crippen LogP) is 3.93. The Morgan fingerprint density at radius 2 is 2.29 bits per heavy atom. The Kier molecular flexibility index (Phi) is 2.45. The molecule has 0 unspecified atom stereocenters. The van der Waals surface area contributed by atoms with Gasteiger partial charge in [0.1, 0.15) is 0 Å². The second-order valence-electron chi connectivity index (χ2n) is 3.22. The van der Waals surface area contributed by atoms with Crippen LogP contribution in [0.1, 0.15) is 11.1 Å². The normalized spacial score (nSPS) is 10.4. The second-order valence-corrected chi connectivity index (χ2v) is 4.53. The zero-order chi connectivity index (χ0) is 10.1. The highest BCUT2D eigenvalue weighted by Crippen LogP contribution is 2.33. The molecule has 0 spiro atoms. The molecule has 0 bridgehead atoms. The molecule has 1 aromatic heterocycles. The number of rotatable bonds is 1. The van der Waals surface area contributed by atoms with Crippen LogP contribution in [0.2, 0.25) is 5.02 Å². The lowest BCUT2D eigenvalue weighted by atomic mass is 10.1. The molecule has 1 heterocycles. The summed E-state index contributed by atoms with van der Waals surface area (Å²) in [7, 11) is 0. The van der Waals surface area contributed by atoms with Gasteiger partial charge in [0, 0.05) is 15.1 Å². The monoisotopic (exact) mass is 221 g/mol. The number of nitrogens with zero attached hydrogens (tertiary/aromatic N) is 1. The number of hydrogen-bond donors (Lipinski definition) is 0. The minimum atomic E-state index is 0.433. The minimum Gasteiger partial charge on any atom is -0.198 e. The highest BCUT2D eigenvalue weighted by atomic mass is 35.5. The van der Waals surface area contributed by atoms with Crippen molar-refractivity contribution in [3.8, 4) is 6.07 Å². The lowest BCUT2D eigenvalue weighted by Crippen LogP contribution is -1.80. The minimum absolute atomic E-state index is 0.433. The Labute approximate surface area is 91.5 Å². The maximum atomic E-state index is 8.65. The zero-order valence-electron chi connectivity index (χ0n) is 7.67. The SMILES string of the molecule is Cc1cc(Cl)c2c(CC#N)csc2c1. The average Bonchev–Trinajstić information content (AvgIpc) is 2.49. The molecule has 0 saturated carbocycles. The third-order valence-electron chi connectivity index (χ3n) is 2.12. The van der Waals surface area contributed by atoms with Crippen molar-refractivity contribution < 1.29 is 0 Å². The number of thiophene rings is 1. The van der Waals surface area contributed by atoms with Crippen LogP contribution in [0.3, 0.4) is 0 Å². The molecule has 70 valence electrons. The average molecular weight is 222 g/mol. The first-order chi connectivity index (χ1) is 6.72. The molecule has 0 fully saturated rings. The molecule has 0 aliphatic heterocycles. The first-order valence-corrected chi connectivity index (χ1v) is 5.51. The summed E-state index contributed by atoms with van der Waals surface area (Å²) >= 11 is 7.79. The molecule has 0 saturated heterocycles. The fourth-order valence-electron chi connectivity index (χ4n) is 1.52. The summed E-state index contributed by atoms with van der Waals surface area (Å²) in [4.78, 5) is 0. The first-order valence-electron chi connectivity index (χ1n) is 4.25. The van der Waals surface area contributed by atoms with Crippen LogP contribution in [-0.2, 0) is 6.42 Å². The molecule has 2 rings (SSSR count). The van der Waals surface area contributed by atoms with Crippen LogP contribution < -0.4 is 0 Å². The third kappa shape index (κ3) is 1.50. The summed E-state index contributed by atoms with van der Waals surface area (Å²) in [6.45, 7) is 2.02. The van der Waals surface area contributed by atoms with Gasteiger partial charge < -0.3 is 0 Å². The van der Waals surface area contributed by atoms with Gasteiger partial charge in [-0.2, -0.15) is 5.26 Å². The van der Waals surface area contributed by atoms with E-state index in [9.17, 15) is 0 Å². The number of nitriles is 1. The predicted molar refractivity (Wildman–Crippen MR) is 60.9 cm³/mol. The van der Waals surface area contributed by atoms with Gasteiger partial charge in [-0.15, -0.1) is 11.3 Å². The van der Waals surface area contributed by atoms with Crippen molar-refractivity contribution in [2.24, 2.45) is 0 Å². The van der Waals surface area contributed by atoms with E-state index in [0.717, 1.165) is 21.5 Å². The Bertz CT molecular complexity index is 522. The lowest BCUT2D eigenvalue weighted by Gasteiger charge is -1.98. The quantitative estimate of drug-likeness (QED) is 0.716. The van der Waals surface area contributed by atoms with Gasteiger partial charge in [0.25, 0.3) is 0 Å². The van der Waals surface area contributed by atoms with Gasteiger partial charge in [-0.3, -0.25) is 0 Å². The van der Waals surface area contributed by atoms with E-state index in [1.54, 1.807) is 11.3 Å². The summed E-state index contributed by atoms with van der Waals surface area (Å²) in [5.74, 6) is 0. The molecule has 1 aromatic carbocycles. The highest BCUT2D eigenvalue weighted by Gasteiger charge is 2.07. The number of benzene rings is 1. The highest BCUT2D eigenvalue weighted by molar-refractivity contribution is 7.17. The van der Waals surface area contributed by atoms with Gasteiger partial charge >= 0.3 is 0 Å². The van der Waals surface area contributed by atoms with Crippen LogP contribution in [0.15, 0.2) is 17.5 Å². The maximum absolute atomic E-state index is 8.65. The fraction of sp³-hybridized carbons (Fsp3) is 0.182. The van der Waals surface area contributed by atoms with E-state index in [-0.39, 0.29) is 0 Å². The van der Waals surface area contributed by atoms with Crippen molar-refractivity contribution in [3.63, 3.8) is 0 Å². The first kappa shape index (κ1) is 9.51. The van der Waals surface area contributed by atoms with Gasteiger partial charge in [-0.05, 0) is 35.6 Å². The summed E-state index contributed by atoms with van der Waals surface area (Å²) in [5.41, 5.74) is 2.20. The van der Waals surface area contributed by atoms with E-state index >= 15 is 0 Å². The molecule has 0 radical (unpaired) electrons. The van der Waals surface area contributed by atoms with Gasteiger partial charge in [-0.25, -0.2) is 0 Å². The smallest absolute Gasteiger partial charge is 0.0670 e. The number of fused-ring (bicyclic) bond motifs is 1. The number of aryl methyl sites for hydroxylation is 1. The number of halogens is 1. The van der Waals surface area contributed by atoms with E-state index in [2.05, 4.69) is 12.1 Å². The summed E-state index contributed by atoms with van der Waals surface area (Å²) < 4.78 is 1.17. The van der Waals surface area contributed by atoms with Crippen LogP contribution in [0.25, 0.3) is 10.1 Å². The molecule has 3 heteroatoms. The van der Waals surface area contributed by atoms with Crippen LogP contribution in [0.5, 0.6) is 0 Å². The van der Waals surface area contributed by atoms with E-state index in [0.29, 0.717) is 6.42 Å². The molecule has 1 nitrogen and oxygen atoms in total. The Morgan fingerprint density at radius 1 is 1.50 bits per heavy atom. The van der Waals surface area contributed by atoms with E-state index in [1.165, 1.54) is 4.70 Å². The molecule has 0 atom stereocenters. The topological polar surface area (TPSA) is 23.8 Å². The Morgan fingerprint density at radius 3 is 3.00 bits per heavy atom. The fourth-order valence-corrected chi connectivity index (χ4v) is 3.06. The molecule has 0 amide bonds. The van der Waals surface area contributed by atoms with Crippen molar-refractivity contribution in [1.29, 1.82) is 5.26 Å². The molecule has 0 N–H and O–H groups in total. The maximum Gasteiger partial charge on any atom is 0.0670 e. The van der Waals surface area contributed by atoms with Gasteiger partial charge in [0.15, 0.2) is 0 Å². The molecule has 0 aliphatic rings. The van der Waals surface area contributed by atoms with E-state index < -0.39 is 0 Å². The van der Waals surface area contributed by atoms with Crippen LogP contribution in [-0.4, -0.2) is 0 Å². The summed E-state index contributed by atoms with van der Waals surface area (Å²) in [6, 6.07) is 6.20. The molecule has 0 aliphatic carbocycles. The van der Waals surface area contributed by atoms with E-state index in [4.69, 9.17) is 16.9 Å². The van der Waals surface area contributed by atoms with Gasteiger partial charge in [0.2, 0.25) is 0 Å². The van der Waals surface area contributed by atoms with Crippen LogP contribution in [0, 0.1) is 18.3 Å². The van der Waals surface area contributed by atoms with Gasteiger partial charge in [-0.1, -0.05) is 11.6 Å². The van der Waals surface area contributed by atoms with Crippen LogP contribution in [0.4, 0.5) is 0 Å². The van der Waals surface area contributed by atoms with Crippen molar-refractivity contribution in [3.05, 3.63) is 33.7 Å². The second kappa shape index (κ2) is 3.61. The molecular weight excluding hydrogens is 214 g/mol.